The average molecular weight is 283 g/mol. The number of piperidine rings is 1. The Morgan fingerprint density at radius 2 is 2.05 bits per heavy atom. The third-order valence-corrected chi connectivity index (χ3v) is 5.29. The minimum absolute atomic E-state index is 0.253. The fourth-order valence-electron chi connectivity index (χ4n) is 3.78. The quantitative estimate of drug-likeness (QED) is 0.923. The molecule has 2 fully saturated rings. The van der Waals surface area contributed by atoms with Gasteiger partial charge in [-0.05, 0) is 44.8 Å². The van der Waals surface area contributed by atoms with Crippen molar-refractivity contribution in [1.82, 2.24) is 10.2 Å². The van der Waals surface area contributed by atoms with Crippen molar-refractivity contribution in [3.05, 3.63) is 35.9 Å². The molecule has 2 aliphatic rings. The number of benzene rings is 1. The summed E-state index contributed by atoms with van der Waals surface area (Å²) in [6, 6.07) is 14.0. The summed E-state index contributed by atoms with van der Waals surface area (Å²) in [6.45, 7) is 2.29. The van der Waals surface area contributed by atoms with E-state index in [4.69, 9.17) is 0 Å². The molecule has 3 nitrogen and oxygen atoms in total. The SMILES string of the molecule is CN1CCCCC1CNC1CC(C#N)(c2ccccc2)C1. The van der Waals surface area contributed by atoms with Crippen LogP contribution in [0, 0.1) is 11.3 Å². The molecule has 1 aromatic carbocycles. The number of nitriles is 1. The third-order valence-electron chi connectivity index (χ3n) is 5.29. The Labute approximate surface area is 128 Å². The highest BCUT2D eigenvalue weighted by Crippen LogP contribution is 2.43. The molecule has 1 aromatic rings. The summed E-state index contributed by atoms with van der Waals surface area (Å²) in [6.07, 6.45) is 5.89. The third kappa shape index (κ3) is 2.97. The van der Waals surface area contributed by atoms with Crippen LogP contribution in [-0.4, -0.2) is 37.1 Å². The predicted octanol–water partition coefficient (Wildman–Crippen LogP) is 2.68. The molecule has 0 amide bonds. The van der Waals surface area contributed by atoms with E-state index in [1.807, 2.05) is 18.2 Å². The van der Waals surface area contributed by atoms with Crippen LogP contribution >= 0.6 is 0 Å². The number of likely N-dealkylation sites (N-methyl/N-ethyl adjacent to an activating group) is 1. The van der Waals surface area contributed by atoms with Gasteiger partial charge in [-0.1, -0.05) is 36.8 Å². The van der Waals surface area contributed by atoms with Gasteiger partial charge in [-0.3, -0.25) is 0 Å². The molecule has 3 heteroatoms. The van der Waals surface area contributed by atoms with Crippen molar-refractivity contribution in [2.24, 2.45) is 0 Å². The Morgan fingerprint density at radius 3 is 2.71 bits per heavy atom. The summed E-state index contributed by atoms with van der Waals surface area (Å²) in [5.74, 6) is 0. The number of nitrogens with zero attached hydrogens (tertiary/aromatic N) is 2. The zero-order chi connectivity index (χ0) is 14.7. The van der Waals surface area contributed by atoms with Crippen LogP contribution in [0.15, 0.2) is 30.3 Å². The molecule has 1 aliphatic heterocycles. The van der Waals surface area contributed by atoms with Gasteiger partial charge < -0.3 is 10.2 Å². The zero-order valence-corrected chi connectivity index (χ0v) is 12.9. The van der Waals surface area contributed by atoms with Crippen LogP contribution in [-0.2, 0) is 5.41 Å². The molecular formula is C18H25N3. The Morgan fingerprint density at radius 1 is 1.29 bits per heavy atom. The molecule has 0 radical (unpaired) electrons. The number of nitrogens with one attached hydrogen (secondary N) is 1. The molecule has 0 aromatic heterocycles. The Hall–Kier alpha value is -1.37. The summed E-state index contributed by atoms with van der Waals surface area (Å²) in [7, 11) is 2.23. The molecule has 1 aliphatic carbocycles. The van der Waals surface area contributed by atoms with Crippen molar-refractivity contribution in [1.29, 1.82) is 5.26 Å². The summed E-state index contributed by atoms with van der Waals surface area (Å²) >= 11 is 0. The molecule has 1 N–H and O–H groups in total. The number of hydrogen-bond acceptors (Lipinski definition) is 3. The summed E-state index contributed by atoms with van der Waals surface area (Å²) in [4.78, 5) is 2.48. The van der Waals surface area contributed by atoms with Gasteiger partial charge in [0.15, 0.2) is 0 Å². The lowest BCUT2D eigenvalue weighted by atomic mass is 9.62. The van der Waals surface area contributed by atoms with E-state index in [0.717, 1.165) is 19.4 Å². The molecular weight excluding hydrogens is 258 g/mol. The Kier molecular flexibility index (Phi) is 4.28. The van der Waals surface area contributed by atoms with Crippen molar-refractivity contribution in [2.75, 3.05) is 20.1 Å². The highest BCUT2D eigenvalue weighted by atomic mass is 15.2. The highest BCUT2D eigenvalue weighted by Gasteiger charge is 2.45. The van der Waals surface area contributed by atoms with Crippen LogP contribution in [0.5, 0.6) is 0 Å². The topological polar surface area (TPSA) is 39.1 Å². The van der Waals surface area contributed by atoms with Gasteiger partial charge in [-0.25, -0.2) is 0 Å². The lowest BCUT2D eigenvalue weighted by Crippen LogP contribution is -2.54. The van der Waals surface area contributed by atoms with Crippen LogP contribution in [0.4, 0.5) is 0 Å². The number of likely N-dealkylation sites (tertiary alicyclic amines) is 1. The number of rotatable bonds is 4. The zero-order valence-electron chi connectivity index (χ0n) is 12.9. The first-order valence-electron chi connectivity index (χ1n) is 8.14. The van der Waals surface area contributed by atoms with E-state index < -0.39 is 0 Å². The van der Waals surface area contributed by atoms with E-state index in [9.17, 15) is 5.26 Å². The van der Waals surface area contributed by atoms with Gasteiger partial charge >= 0.3 is 0 Å². The minimum atomic E-state index is -0.253. The molecule has 112 valence electrons. The first kappa shape index (κ1) is 14.6. The monoisotopic (exact) mass is 283 g/mol. The van der Waals surface area contributed by atoms with Crippen LogP contribution in [0.1, 0.15) is 37.7 Å². The largest absolute Gasteiger partial charge is 0.312 e. The van der Waals surface area contributed by atoms with Crippen LogP contribution in [0.3, 0.4) is 0 Å². The van der Waals surface area contributed by atoms with Crippen molar-refractivity contribution in [3.63, 3.8) is 0 Å². The molecule has 0 spiro atoms. The van der Waals surface area contributed by atoms with Gasteiger partial charge in [0.1, 0.15) is 0 Å². The van der Waals surface area contributed by atoms with E-state index in [1.54, 1.807) is 0 Å². The Balaban J connectivity index is 1.52. The maximum absolute atomic E-state index is 9.58. The molecule has 1 saturated heterocycles. The van der Waals surface area contributed by atoms with Gasteiger partial charge in [0.2, 0.25) is 0 Å². The van der Waals surface area contributed by atoms with Crippen molar-refractivity contribution >= 4 is 0 Å². The van der Waals surface area contributed by atoms with E-state index in [2.05, 4.69) is 35.5 Å². The second kappa shape index (κ2) is 6.17. The normalized spacial score (nSPS) is 33.1. The van der Waals surface area contributed by atoms with E-state index >= 15 is 0 Å². The van der Waals surface area contributed by atoms with Crippen LogP contribution in [0.25, 0.3) is 0 Å². The fourth-order valence-corrected chi connectivity index (χ4v) is 3.78. The minimum Gasteiger partial charge on any atom is -0.312 e. The standard InChI is InChI=1S/C18H25N3/c1-21-10-6-5-9-17(21)13-20-16-11-18(12-16,14-19)15-7-3-2-4-8-15/h2-4,7-8,16-17,20H,5-6,9-13H2,1H3. The maximum atomic E-state index is 9.58. The van der Waals surface area contributed by atoms with Gasteiger partial charge in [0.05, 0.1) is 11.5 Å². The summed E-state index contributed by atoms with van der Waals surface area (Å²) in [5.41, 5.74) is 0.928. The van der Waals surface area contributed by atoms with E-state index in [-0.39, 0.29) is 5.41 Å². The lowest BCUT2D eigenvalue weighted by Gasteiger charge is -2.44. The predicted molar refractivity (Wildman–Crippen MR) is 85.0 cm³/mol. The Bertz CT molecular complexity index is 499. The molecule has 1 heterocycles. The van der Waals surface area contributed by atoms with Crippen LogP contribution < -0.4 is 5.32 Å². The molecule has 1 saturated carbocycles. The molecule has 1 unspecified atom stereocenters. The van der Waals surface area contributed by atoms with E-state index in [1.165, 1.54) is 31.4 Å². The molecule has 0 bridgehead atoms. The van der Waals surface area contributed by atoms with Gasteiger partial charge in [0.25, 0.3) is 0 Å². The highest BCUT2D eigenvalue weighted by molar-refractivity contribution is 5.36. The second-order valence-electron chi connectivity index (χ2n) is 6.70. The van der Waals surface area contributed by atoms with Crippen molar-refractivity contribution in [3.8, 4) is 6.07 Å². The first-order valence-corrected chi connectivity index (χ1v) is 8.14. The van der Waals surface area contributed by atoms with Gasteiger partial charge in [-0.15, -0.1) is 0 Å². The number of hydrogen-bond donors (Lipinski definition) is 1. The maximum Gasteiger partial charge on any atom is 0.0852 e. The fraction of sp³-hybridized carbons (Fsp3) is 0.611. The molecule has 3 rings (SSSR count). The smallest absolute Gasteiger partial charge is 0.0852 e. The average Bonchev–Trinajstić information content (AvgIpc) is 2.49. The van der Waals surface area contributed by atoms with E-state index in [0.29, 0.717) is 12.1 Å². The van der Waals surface area contributed by atoms with Crippen LogP contribution in [0.2, 0.25) is 0 Å². The van der Waals surface area contributed by atoms with Gasteiger partial charge in [-0.2, -0.15) is 5.26 Å². The van der Waals surface area contributed by atoms with Crippen molar-refractivity contribution < 1.29 is 0 Å². The van der Waals surface area contributed by atoms with Crippen molar-refractivity contribution in [2.45, 2.75) is 49.6 Å². The summed E-state index contributed by atoms with van der Waals surface area (Å²) in [5, 5.41) is 13.3. The first-order chi connectivity index (χ1) is 10.2. The molecule has 21 heavy (non-hydrogen) atoms. The van der Waals surface area contributed by atoms with Gasteiger partial charge in [0, 0.05) is 18.6 Å². The summed E-state index contributed by atoms with van der Waals surface area (Å²) < 4.78 is 0. The molecule has 1 atom stereocenters. The second-order valence-corrected chi connectivity index (χ2v) is 6.70. The lowest BCUT2D eigenvalue weighted by molar-refractivity contribution is 0.156.